The second-order valence-electron chi connectivity index (χ2n) is 10.00. The van der Waals surface area contributed by atoms with Crippen LogP contribution in [-0.4, -0.2) is 67.5 Å². The van der Waals surface area contributed by atoms with Gasteiger partial charge in [-0.15, -0.1) is 11.3 Å². The van der Waals surface area contributed by atoms with Gasteiger partial charge < -0.3 is 20.5 Å². The Morgan fingerprint density at radius 1 is 1.12 bits per heavy atom. The number of aromatic nitrogens is 1. The van der Waals surface area contributed by atoms with E-state index in [2.05, 4.69) is 20.9 Å². The molecule has 2 aliphatic rings. The molecule has 2 saturated carbocycles. The van der Waals surface area contributed by atoms with Gasteiger partial charge in [-0.3, -0.25) is 14.9 Å². The topological polar surface area (TPSA) is 164 Å². The molecule has 4 N–H and O–H groups in total. The van der Waals surface area contributed by atoms with E-state index in [1.54, 1.807) is 30.3 Å². The predicted molar refractivity (Wildman–Crippen MR) is 151 cm³/mol. The number of ether oxygens (including phenoxy) is 1. The van der Waals surface area contributed by atoms with Crippen LogP contribution in [0.15, 0.2) is 36.4 Å². The molecule has 2 aliphatic carbocycles. The zero-order valence-corrected chi connectivity index (χ0v) is 23.5. The Kier molecular flexibility index (Phi) is 8.52. The smallest absolute Gasteiger partial charge is 0.411 e. The maximum Gasteiger partial charge on any atom is 0.411 e. The molecule has 2 fully saturated rings. The molecule has 0 radical (unpaired) electrons. The number of amides is 3. The molecule has 1 atom stereocenters. The summed E-state index contributed by atoms with van der Waals surface area (Å²) in [6.07, 6.45) is 2.30. The number of carbonyl (C=O) groups excluding carboxylic acids is 3. The predicted octanol–water partition coefficient (Wildman–Crippen LogP) is 3.05. The van der Waals surface area contributed by atoms with Crippen molar-refractivity contribution in [3.63, 3.8) is 0 Å². The molecule has 0 saturated heterocycles. The summed E-state index contributed by atoms with van der Waals surface area (Å²) >= 11 is 0.990. The zero-order valence-electron chi connectivity index (χ0n) is 21.9. The minimum absolute atomic E-state index is 0.0165. The van der Waals surface area contributed by atoms with Gasteiger partial charge in [0.2, 0.25) is 11.8 Å². The molecule has 14 heteroatoms. The van der Waals surface area contributed by atoms with Gasteiger partial charge in [0.25, 0.3) is 0 Å². The summed E-state index contributed by atoms with van der Waals surface area (Å²) in [5.74, 6) is -1.82. The Hall–Kier alpha value is -3.62. The number of hydrogen-bond acceptors (Lipinski definition) is 9. The molecule has 218 valence electrons. The number of nitrogens with one attached hydrogen (secondary N) is 3. The molecule has 3 amide bonds. The summed E-state index contributed by atoms with van der Waals surface area (Å²) in [6, 6.07) is 9.20. The summed E-state index contributed by atoms with van der Waals surface area (Å²) < 4.78 is 47.1. The van der Waals surface area contributed by atoms with Gasteiger partial charge in [0, 0.05) is 36.4 Å². The van der Waals surface area contributed by atoms with Crippen LogP contribution in [0.25, 0.3) is 21.3 Å². The van der Waals surface area contributed by atoms with Gasteiger partial charge in [-0.1, -0.05) is 12.1 Å². The van der Waals surface area contributed by atoms with Crippen LogP contribution in [0.1, 0.15) is 42.4 Å². The molecule has 1 aromatic heterocycles. The van der Waals surface area contributed by atoms with Gasteiger partial charge in [0.15, 0.2) is 15.1 Å². The Bertz CT molecular complexity index is 1570. The summed E-state index contributed by atoms with van der Waals surface area (Å²) in [4.78, 5) is 41.3. The van der Waals surface area contributed by atoms with Crippen LogP contribution in [0, 0.1) is 5.82 Å². The molecule has 1 heterocycles. The summed E-state index contributed by atoms with van der Waals surface area (Å²) in [6.45, 7) is -0.369. The Balaban J connectivity index is 1.36. The molecular formula is C27H29FN4O7S2. The first kappa shape index (κ1) is 28.9. The number of benzene rings is 2. The van der Waals surface area contributed by atoms with Crippen molar-refractivity contribution in [2.45, 2.75) is 48.6 Å². The minimum atomic E-state index is -3.93. The third-order valence-electron chi connectivity index (χ3n) is 6.62. The lowest BCUT2D eigenvalue weighted by molar-refractivity contribution is -0.126. The van der Waals surface area contributed by atoms with Crippen LogP contribution in [0.3, 0.4) is 0 Å². The highest BCUT2D eigenvalue weighted by Gasteiger charge is 2.47. The van der Waals surface area contributed by atoms with E-state index in [-0.39, 0.29) is 47.8 Å². The number of anilines is 1. The van der Waals surface area contributed by atoms with Gasteiger partial charge in [-0.2, -0.15) is 0 Å². The van der Waals surface area contributed by atoms with Crippen molar-refractivity contribution in [1.29, 1.82) is 0 Å². The van der Waals surface area contributed by atoms with Crippen LogP contribution in [0.2, 0.25) is 0 Å². The average Bonchev–Trinajstić information content (AvgIpc) is 3.86. The monoisotopic (exact) mass is 604 g/mol. The van der Waals surface area contributed by atoms with Crippen LogP contribution < -0.4 is 16.0 Å². The third kappa shape index (κ3) is 7.00. The number of fused-ring (bicyclic) bond motifs is 1. The fourth-order valence-corrected chi connectivity index (χ4v) is 7.58. The van der Waals surface area contributed by atoms with Gasteiger partial charge in [0.1, 0.15) is 10.8 Å². The molecule has 1 unspecified atom stereocenters. The number of nitrogens with zero attached hydrogens (tertiary/aromatic N) is 1. The lowest BCUT2D eigenvalue weighted by Gasteiger charge is -2.15. The molecule has 5 rings (SSSR count). The first-order chi connectivity index (χ1) is 19.7. The number of hydrogen-bond donors (Lipinski definition) is 4. The number of rotatable bonds is 12. The number of aliphatic hydroxyl groups is 1. The fraction of sp³-hybridized carbons (Fsp3) is 0.407. The summed E-state index contributed by atoms with van der Waals surface area (Å²) in [7, 11) is -3.93. The van der Waals surface area contributed by atoms with Crippen molar-refractivity contribution in [1.82, 2.24) is 15.6 Å². The van der Waals surface area contributed by atoms with E-state index in [0.29, 0.717) is 35.2 Å². The third-order valence-corrected chi connectivity index (χ3v) is 10.3. The summed E-state index contributed by atoms with van der Waals surface area (Å²) in [5.41, 5.74) is 1.37. The van der Waals surface area contributed by atoms with Crippen LogP contribution in [-0.2, 0) is 24.2 Å². The van der Waals surface area contributed by atoms with Gasteiger partial charge in [-0.25, -0.2) is 22.6 Å². The first-order valence-corrected chi connectivity index (χ1v) is 15.6. The Morgan fingerprint density at radius 2 is 1.85 bits per heavy atom. The lowest BCUT2D eigenvalue weighted by Crippen LogP contribution is -2.41. The number of aliphatic hydroxyl groups excluding tert-OH is 1. The largest absolute Gasteiger partial charge is 0.449 e. The van der Waals surface area contributed by atoms with E-state index >= 15 is 4.39 Å². The zero-order chi connectivity index (χ0) is 29.1. The normalized spacial score (nSPS) is 15.8. The number of thiazole rings is 1. The molecule has 0 aliphatic heterocycles. The van der Waals surface area contributed by atoms with Gasteiger partial charge >= 0.3 is 6.09 Å². The van der Waals surface area contributed by atoms with E-state index in [1.807, 2.05) is 0 Å². The van der Waals surface area contributed by atoms with E-state index in [9.17, 15) is 22.8 Å². The minimum Gasteiger partial charge on any atom is -0.449 e. The van der Waals surface area contributed by atoms with Crippen LogP contribution in [0.5, 0.6) is 0 Å². The lowest BCUT2D eigenvalue weighted by atomic mass is 10.0. The van der Waals surface area contributed by atoms with Crippen molar-refractivity contribution < 1.29 is 37.0 Å². The molecule has 11 nitrogen and oxygen atoms in total. The second-order valence-corrected chi connectivity index (χ2v) is 13.4. The number of halogens is 1. The first-order valence-electron chi connectivity index (χ1n) is 13.2. The van der Waals surface area contributed by atoms with E-state index < -0.39 is 38.2 Å². The SMILES string of the molecule is O=C(CNC(=O)C(c1nc2cc(F)c(-c3ccc(NC(=O)OCCCO)cc3)cc2s1)S(=O)(=O)C1CC1)NC1CC1. The van der Waals surface area contributed by atoms with E-state index in [1.165, 1.54) is 6.07 Å². The Morgan fingerprint density at radius 3 is 2.51 bits per heavy atom. The highest BCUT2D eigenvalue weighted by molar-refractivity contribution is 7.93. The standard InChI is InChI=1S/C27H29FN4O7S2/c28-20-13-21-22(12-19(20)15-2-4-17(5-3-15)31-27(36)39-11-1-10-33)40-26(32-21)24(41(37,38)18-8-9-18)25(35)29-14-23(34)30-16-6-7-16/h2-5,12-13,16,18,24,33H,1,6-11,14H2,(H,29,35)(H,30,34)(H,31,36). The van der Waals surface area contributed by atoms with Gasteiger partial charge in [0.05, 0.1) is 28.6 Å². The van der Waals surface area contributed by atoms with Crippen molar-refractivity contribution in [2.75, 3.05) is 25.1 Å². The highest BCUT2D eigenvalue weighted by atomic mass is 32.2. The number of sulfone groups is 1. The van der Waals surface area contributed by atoms with Crippen LogP contribution in [0.4, 0.5) is 14.9 Å². The molecule has 2 aromatic carbocycles. The van der Waals surface area contributed by atoms with Crippen molar-refractivity contribution in [2.24, 2.45) is 0 Å². The summed E-state index contributed by atoms with van der Waals surface area (Å²) in [5, 5.41) is 14.3. The second kappa shape index (κ2) is 12.1. The highest BCUT2D eigenvalue weighted by Crippen LogP contribution is 2.41. The van der Waals surface area contributed by atoms with Crippen molar-refractivity contribution in [3.8, 4) is 11.1 Å². The van der Waals surface area contributed by atoms with E-state index in [4.69, 9.17) is 9.84 Å². The fourth-order valence-electron chi connectivity index (χ4n) is 4.17. The maximum atomic E-state index is 15.2. The number of carbonyl (C=O) groups is 3. The van der Waals surface area contributed by atoms with Crippen LogP contribution >= 0.6 is 11.3 Å². The van der Waals surface area contributed by atoms with Gasteiger partial charge in [-0.05, 0) is 49.4 Å². The van der Waals surface area contributed by atoms with Crippen molar-refractivity contribution >= 4 is 55.0 Å². The maximum absolute atomic E-state index is 15.2. The molecule has 3 aromatic rings. The Labute approximate surface area is 239 Å². The molecule has 0 spiro atoms. The van der Waals surface area contributed by atoms with E-state index in [0.717, 1.165) is 24.2 Å². The molecule has 41 heavy (non-hydrogen) atoms. The molecular weight excluding hydrogens is 575 g/mol. The van der Waals surface area contributed by atoms with Crippen molar-refractivity contribution in [3.05, 3.63) is 47.2 Å². The molecule has 0 bridgehead atoms. The quantitative estimate of drug-likeness (QED) is 0.229. The average molecular weight is 605 g/mol.